The predicted molar refractivity (Wildman–Crippen MR) is 43.4 cm³/mol. The van der Waals surface area contributed by atoms with E-state index in [2.05, 4.69) is 15.5 Å². The van der Waals surface area contributed by atoms with Crippen molar-refractivity contribution in [2.24, 2.45) is 0 Å². The van der Waals surface area contributed by atoms with Crippen molar-refractivity contribution in [3.63, 3.8) is 0 Å². The van der Waals surface area contributed by atoms with Crippen molar-refractivity contribution >= 4 is 5.91 Å². The Bertz CT molecular complexity index is 163. The van der Waals surface area contributed by atoms with Gasteiger partial charge in [0.15, 0.2) is 0 Å². The highest BCUT2D eigenvalue weighted by Gasteiger charge is 2.45. The van der Waals surface area contributed by atoms with E-state index < -0.39 is 0 Å². The molecule has 0 atom stereocenters. The van der Waals surface area contributed by atoms with Gasteiger partial charge in [-0.3, -0.25) is 4.79 Å². The van der Waals surface area contributed by atoms with Gasteiger partial charge in [-0.1, -0.05) is 0 Å². The standard InChI is InChI=1S/C7H15N3O/c1-8-6(11)7(9-2)4-10(3)5-7/h9H,4-5H2,1-3H3,(H,8,11). The first-order valence-electron chi connectivity index (χ1n) is 3.74. The normalized spacial score (nSPS) is 22.5. The third-order valence-corrected chi connectivity index (χ3v) is 2.22. The summed E-state index contributed by atoms with van der Waals surface area (Å²) in [4.78, 5) is 13.4. The van der Waals surface area contributed by atoms with Gasteiger partial charge in [-0.05, 0) is 14.1 Å². The summed E-state index contributed by atoms with van der Waals surface area (Å²) in [7, 11) is 5.49. The molecule has 1 rings (SSSR count). The van der Waals surface area contributed by atoms with Crippen LogP contribution in [0.4, 0.5) is 0 Å². The third kappa shape index (κ3) is 1.23. The molecule has 1 heterocycles. The van der Waals surface area contributed by atoms with E-state index in [1.165, 1.54) is 0 Å². The van der Waals surface area contributed by atoms with E-state index in [-0.39, 0.29) is 11.4 Å². The van der Waals surface area contributed by atoms with Crippen molar-refractivity contribution < 1.29 is 4.79 Å². The number of hydrogen-bond donors (Lipinski definition) is 2. The number of amides is 1. The lowest BCUT2D eigenvalue weighted by atomic mass is 9.89. The van der Waals surface area contributed by atoms with Gasteiger partial charge in [0.25, 0.3) is 0 Å². The number of likely N-dealkylation sites (N-methyl/N-ethyl adjacent to an activating group) is 3. The fourth-order valence-corrected chi connectivity index (χ4v) is 1.53. The van der Waals surface area contributed by atoms with Gasteiger partial charge in [0.05, 0.1) is 0 Å². The molecule has 1 aliphatic heterocycles. The molecule has 1 aliphatic rings. The summed E-state index contributed by atoms with van der Waals surface area (Å²) in [5.74, 6) is 0.0816. The van der Waals surface area contributed by atoms with Gasteiger partial charge in [-0.25, -0.2) is 0 Å². The Morgan fingerprint density at radius 2 is 2.00 bits per heavy atom. The van der Waals surface area contributed by atoms with Crippen LogP contribution in [0, 0.1) is 0 Å². The first kappa shape index (κ1) is 8.49. The lowest BCUT2D eigenvalue weighted by molar-refractivity contribution is -0.133. The number of rotatable bonds is 2. The first-order chi connectivity index (χ1) is 5.14. The third-order valence-electron chi connectivity index (χ3n) is 2.22. The highest BCUT2D eigenvalue weighted by Crippen LogP contribution is 2.18. The van der Waals surface area contributed by atoms with Gasteiger partial charge < -0.3 is 15.5 Å². The molecular weight excluding hydrogens is 142 g/mol. The molecule has 0 unspecified atom stereocenters. The van der Waals surface area contributed by atoms with Crippen molar-refractivity contribution in [3.8, 4) is 0 Å². The highest BCUT2D eigenvalue weighted by atomic mass is 16.2. The van der Waals surface area contributed by atoms with Crippen LogP contribution in [0.5, 0.6) is 0 Å². The number of likely N-dealkylation sites (tertiary alicyclic amines) is 1. The molecule has 0 radical (unpaired) electrons. The first-order valence-corrected chi connectivity index (χ1v) is 3.74. The molecule has 1 fully saturated rings. The fraction of sp³-hybridized carbons (Fsp3) is 0.857. The van der Waals surface area contributed by atoms with Crippen LogP contribution in [0.2, 0.25) is 0 Å². The average Bonchev–Trinajstić information content (AvgIpc) is 1.96. The quantitative estimate of drug-likeness (QED) is 0.520. The Hall–Kier alpha value is -0.610. The smallest absolute Gasteiger partial charge is 0.242 e. The molecule has 0 aromatic rings. The van der Waals surface area contributed by atoms with Crippen LogP contribution < -0.4 is 10.6 Å². The Morgan fingerprint density at radius 1 is 1.45 bits per heavy atom. The topological polar surface area (TPSA) is 44.4 Å². The van der Waals surface area contributed by atoms with Crippen LogP contribution in [-0.2, 0) is 4.79 Å². The number of carbonyl (C=O) groups excluding carboxylic acids is 1. The highest BCUT2D eigenvalue weighted by molar-refractivity contribution is 5.87. The van der Waals surface area contributed by atoms with Gasteiger partial charge in [0, 0.05) is 20.1 Å². The molecule has 4 heteroatoms. The number of nitrogens with one attached hydrogen (secondary N) is 2. The summed E-state index contributed by atoms with van der Waals surface area (Å²) in [5.41, 5.74) is -0.330. The second kappa shape index (κ2) is 2.79. The molecule has 0 saturated carbocycles. The lowest BCUT2D eigenvalue weighted by Crippen LogP contribution is -2.73. The average molecular weight is 157 g/mol. The molecule has 0 aliphatic carbocycles. The second-order valence-electron chi connectivity index (χ2n) is 3.08. The van der Waals surface area contributed by atoms with Crippen molar-refractivity contribution in [1.29, 1.82) is 0 Å². The zero-order valence-electron chi connectivity index (χ0n) is 7.27. The van der Waals surface area contributed by atoms with E-state index in [1.54, 1.807) is 7.05 Å². The Labute approximate surface area is 66.9 Å². The molecule has 64 valence electrons. The molecule has 0 spiro atoms. The van der Waals surface area contributed by atoms with Gasteiger partial charge in [-0.2, -0.15) is 0 Å². The molecule has 11 heavy (non-hydrogen) atoms. The van der Waals surface area contributed by atoms with Crippen molar-refractivity contribution in [1.82, 2.24) is 15.5 Å². The van der Waals surface area contributed by atoms with E-state index in [1.807, 2.05) is 14.1 Å². The molecule has 1 saturated heterocycles. The predicted octanol–water partition coefficient (Wildman–Crippen LogP) is -1.36. The van der Waals surface area contributed by atoms with Crippen molar-refractivity contribution in [3.05, 3.63) is 0 Å². The zero-order valence-corrected chi connectivity index (χ0v) is 7.27. The zero-order chi connectivity index (χ0) is 8.48. The van der Waals surface area contributed by atoms with Crippen LogP contribution in [0.15, 0.2) is 0 Å². The molecule has 2 N–H and O–H groups in total. The fourth-order valence-electron chi connectivity index (χ4n) is 1.53. The second-order valence-corrected chi connectivity index (χ2v) is 3.08. The summed E-state index contributed by atoms with van der Waals surface area (Å²) in [6.07, 6.45) is 0. The Balaban J connectivity index is 2.57. The number of carbonyl (C=O) groups is 1. The summed E-state index contributed by atoms with van der Waals surface area (Å²) >= 11 is 0. The minimum atomic E-state index is -0.330. The van der Waals surface area contributed by atoms with Crippen LogP contribution in [-0.4, -0.2) is 50.6 Å². The van der Waals surface area contributed by atoms with Crippen LogP contribution >= 0.6 is 0 Å². The van der Waals surface area contributed by atoms with E-state index in [9.17, 15) is 4.79 Å². The summed E-state index contributed by atoms with van der Waals surface area (Å²) in [6.45, 7) is 1.59. The Morgan fingerprint density at radius 3 is 2.27 bits per heavy atom. The van der Waals surface area contributed by atoms with E-state index >= 15 is 0 Å². The van der Waals surface area contributed by atoms with Crippen molar-refractivity contribution in [2.75, 3.05) is 34.2 Å². The van der Waals surface area contributed by atoms with Gasteiger partial charge in [0.2, 0.25) is 5.91 Å². The van der Waals surface area contributed by atoms with Gasteiger partial charge >= 0.3 is 0 Å². The summed E-state index contributed by atoms with van der Waals surface area (Å²) in [5, 5.41) is 5.69. The van der Waals surface area contributed by atoms with Crippen molar-refractivity contribution in [2.45, 2.75) is 5.54 Å². The molecule has 0 aromatic heterocycles. The number of hydrogen-bond acceptors (Lipinski definition) is 3. The van der Waals surface area contributed by atoms with Crippen LogP contribution in [0.3, 0.4) is 0 Å². The SMILES string of the molecule is CNC(=O)C1(NC)CN(C)C1. The lowest BCUT2D eigenvalue weighted by Gasteiger charge is -2.46. The maximum absolute atomic E-state index is 11.3. The van der Waals surface area contributed by atoms with E-state index in [0.29, 0.717) is 0 Å². The molecular formula is C7H15N3O. The minimum Gasteiger partial charge on any atom is -0.357 e. The van der Waals surface area contributed by atoms with Crippen LogP contribution in [0.25, 0.3) is 0 Å². The molecule has 1 amide bonds. The molecule has 0 aromatic carbocycles. The largest absolute Gasteiger partial charge is 0.357 e. The van der Waals surface area contributed by atoms with E-state index in [0.717, 1.165) is 13.1 Å². The minimum absolute atomic E-state index is 0.0816. The summed E-state index contributed by atoms with van der Waals surface area (Å²) in [6, 6.07) is 0. The van der Waals surface area contributed by atoms with Gasteiger partial charge in [-0.15, -0.1) is 0 Å². The van der Waals surface area contributed by atoms with Gasteiger partial charge in [0.1, 0.15) is 5.54 Å². The monoisotopic (exact) mass is 157 g/mol. The Kier molecular flexibility index (Phi) is 2.15. The van der Waals surface area contributed by atoms with E-state index in [4.69, 9.17) is 0 Å². The maximum atomic E-state index is 11.3. The maximum Gasteiger partial charge on any atom is 0.242 e. The molecule has 0 bridgehead atoms. The summed E-state index contributed by atoms with van der Waals surface area (Å²) < 4.78 is 0. The molecule has 4 nitrogen and oxygen atoms in total. The number of nitrogens with zero attached hydrogens (tertiary/aromatic N) is 1. The van der Waals surface area contributed by atoms with Crippen LogP contribution in [0.1, 0.15) is 0 Å².